The van der Waals surface area contributed by atoms with Gasteiger partial charge in [0.2, 0.25) is 5.88 Å². The van der Waals surface area contributed by atoms with E-state index in [1.54, 1.807) is 7.11 Å². The number of furan rings is 1. The minimum atomic E-state index is 0.131. The van der Waals surface area contributed by atoms with Crippen molar-refractivity contribution in [1.29, 1.82) is 5.26 Å². The number of hydrogen-bond acceptors (Lipinski definition) is 4. The second-order valence-electron chi connectivity index (χ2n) is 3.70. The number of ether oxygens (including phenoxy) is 1. The van der Waals surface area contributed by atoms with Gasteiger partial charge in [0.25, 0.3) is 0 Å². The van der Waals surface area contributed by atoms with Crippen LogP contribution >= 0.6 is 0 Å². The van der Waals surface area contributed by atoms with Crippen molar-refractivity contribution in [2.75, 3.05) is 12.8 Å². The number of anilines is 1. The van der Waals surface area contributed by atoms with Crippen molar-refractivity contribution >= 4 is 5.88 Å². The number of rotatable bonds is 2. The Bertz CT molecular complexity index is 594. The van der Waals surface area contributed by atoms with E-state index in [9.17, 15) is 0 Å². The van der Waals surface area contributed by atoms with Crippen LogP contribution in [0.25, 0.3) is 11.1 Å². The van der Waals surface area contributed by atoms with E-state index < -0.39 is 0 Å². The fourth-order valence-electron chi connectivity index (χ4n) is 1.72. The Hall–Kier alpha value is -2.41. The molecule has 4 nitrogen and oxygen atoms in total. The molecule has 1 aromatic heterocycles. The number of nitrogens with zero attached hydrogens (tertiary/aromatic N) is 1. The maximum absolute atomic E-state index is 9.05. The van der Waals surface area contributed by atoms with E-state index in [1.165, 1.54) is 6.26 Å². The maximum Gasteiger partial charge on any atom is 0.208 e. The van der Waals surface area contributed by atoms with Crippen molar-refractivity contribution in [2.24, 2.45) is 0 Å². The molecule has 0 bridgehead atoms. The zero-order chi connectivity index (χ0) is 12.4. The smallest absolute Gasteiger partial charge is 0.208 e. The first kappa shape index (κ1) is 11.1. The molecule has 0 aliphatic heterocycles. The lowest BCUT2D eigenvalue weighted by Gasteiger charge is -2.07. The van der Waals surface area contributed by atoms with Gasteiger partial charge in [0, 0.05) is 11.1 Å². The third-order valence-corrected chi connectivity index (χ3v) is 2.58. The Morgan fingerprint density at radius 3 is 2.76 bits per heavy atom. The number of aryl methyl sites for hydroxylation is 1. The van der Waals surface area contributed by atoms with Crippen LogP contribution in [0.2, 0.25) is 0 Å². The van der Waals surface area contributed by atoms with Gasteiger partial charge in [-0.25, -0.2) is 0 Å². The number of nitrogens with two attached hydrogens (primary N) is 1. The quantitative estimate of drug-likeness (QED) is 0.857. The molecule has 0 saturated carbocycles. The molecule has 17 heavy (non-hydrogen) atoms. The molecule has 0 amide bonds. The fourth-order valence-corrected chi connectivity index (χ4v) is 1.72. The van der Waals surface area contributed by atoms with Crippen LogP contribution in [0, 0.1) is 18.3 Å². The van der Waals surface area contributed by atoms with Crippen molar-refractivity contribution < 1.29 is 9.15 Å². The topological polar surface area (TPSA) is 72.2 Å². The minimum absolute atomic E-state index is 0.131. The van der Waals surface area contributed by atoms with Crippen molar-refractivity contribution in [1.82, 2.24) is 0 Å². The number of methoxy groups -OCH3 is 1. The van der Waals surface area contributed by atoms with Gasteiger partial charge in [-0.05, 0) is 19.1 Å². The first-order chi connectivity index (χ1) is 8.17. The lowest BCUT2D eigenvalue weighted by atomic mass is 10.0. The molecule has 0 atom stereocenters. The number of nitrogen functional groups attached to an aromatic ring is 1. The molecule has 2 aromatic rings. The summed E-state index contributed by atoms with van der Waals surface area (Å²) >= 11 is 0. The third-order valence-electron chi connectivity index (χ3n) is 2.58. The molecule has 1 aromatic carbocycles. The van der Waals surface area contributed by atoms with Crippen molar-refractivity contribution in [3.63, 3.8) is 0 Å². The second kappa shape index (κ2) is 4.22. The predicted octanol–water partition coefficient (Wildman–Crippen LogP) is 2.72. The summed E-state index contributed by atoms with van der Waals surface area (Å²) in [5, 5.41) is 9.05. The van der Waals surface area contributed by atoms with Crippen LogP contribution in [0.1, 0.15) is 11.1 Å². The zero-order valence-corrected chi connectivity index (χ0v) is 9.65. The highest BCUT2D eigenvalue weighted by Gasteiger charge is 2.16. The van der Waals surface area contributed by atoms with E-state index in [2.05, 4.69) is 0 Å². The summed E-state index contributed by atoms with van der Waals surface area (Å²) in [7, 11) is 1.59. The van der Waals surface area contributed by atoms with E-state index in [0.717, 1.165) is 11.1 Å². The summed E-state index contributed by atoms with van der Waals surface area (Å²) < 4.78 is 10.4. The predicted molar refractivity (Wildman–Crippen MR) is 64.6 cm³/mol. The van der Waals surface area contributed by atoms with Gasteiger partial charge in [0.1, 0.15) is 23.6 Å². The van der Waals surface area contributed by atoms with Gasteiger partial charge >= 0.3 is 0 Å². The van der Waals surface area contributed by atoms with Gasteiger partial charge in [-0.1, -0.05) is 11.6 Å². The van der Waals surface area contributed by atoms with Gasteiger partial charge in [-0.3, -0.25) is 0 Å². The largest absolute Gasteiger partial charge is 0.496 e. The Balaban J connectivity index is 2.68. The summed E-state index contributed by atoms with van der Waals surface area (Å²) in [4.78, 5) is 0. The molecule has 0 spiro atoms. The van der Waals surface area contributed by atoms with E-state index in [4.69, 9.17) is 20.1 Å². The van der Waals surface area contributed by atoms with E-state index in [1.807, 2.05) is 31.2 Å². The highest BCUT2D eigenvalue weighted by atomic mass is 16.5. The lowest BCUT2D eigenvalue weighted by molar-refractivity contribution is 0.416. The second-order valence-corrected chi connectivity index (χ2v) is 3.70. The number of hydrogen-bond donors (Lipinski definition) is 1. The van der Waals surface area contributed by atoms with Crippen LogP contribution in [-0.4, -0.2) is 7.11 Å². The van der Waals surface area contributed by atoms with Crippen LogP contribution in [0.5, 0.6) is 5.75 Å². The Kier molecular flexibility index (Phi) is 2.75. The van der Waals surface area contributed by atoms with Crippen LogP contribution in [0.15, 0.2) is 28.9 Å². The molecule has 4 heteroatoms. The molecule has 0 fully saturated rings. The summed E-state index contributed by atoms with van der Waals surface area (Å²) in [6.07, 6.45) is 1.48. The fraction of sp³-hybridized carbons (Fsp3) is 0.154. The SMILES string of the molecule is COc1ccc(C)cc1-c1coc(N)c1C#N. The van der Waals surface area contributed by atoms with E-state index in [-0.39, 0.29) is 5.88 Å². The van der Waals surface area contributed by atoms with Gasteiger partial charge < -0.3 is 14.9 Å². The molecule has 2 rings (SSSR count). The molecule has 0 saturated heterocycles. The highest BCUT2D eigenvalue weighted by molar-refractivity contribution is 5.79. The molecule has 0 radical (unpaired) electrons. The van der Waals surface area contributed by atoms with Gasteiger partial charge in [-0.15, -0.1) is 0 Å². The Morgan fingerprint density at radius 2 is 2.12 bits per heavy atom. The normalized spacial score (nSPS) is 9.94. The van der Waals surface area contributed by atoms with Gasteiger partial charge in [-0.2, -0.15) is 5.26 Å². The first-order valence-corrected chi connectivity index (χ1v) is 5.09. The Labute approximate surface area is 99.2 Å². The number of benzene rings is 1. The molecule has 0 aliphatic rings. The summed E-state index contributed by atoms with van der Waals surface area (Å²) in [6.45, 7) is 1.97. The van der Waals surface area contributed by atoms with Crippen LogP contribution in [-0.2, 0) is 0 Å². The number of nitriles is 1. The molecule has 86 valence electrons. The summed E-state index contributed by atoms with van der Waals surface area (Å²) in [5.74, 6) is 0.818. The van der Waals surface area contributed by atoms with E-state index in [0.29, 0.717) is 16.9 Å². The first-order valence-electron chi connectivity index (χ1n) is 5.09. The minimum Gasteiger partial charge on any atom is -0.496 e. The van der Waals surface area contributed by atoms with Gasteiger partial charge in [0.15, 0.2) is 0 Å². The van der Waals surface area contributed by atoms with Crippen LogP contribution in [0.4, 0.5) is 5.88 Å². The molecule has 2 N–H and O–H groups in total. The Morgan fingerprint density at radius 1 is 1.35 bits per heavy atom. The van der Waals surface area contributed by atoms with Crippen molar-refractivity contribution in [2.45, 2.75) is 6.92 Å². The standard InChI is InChI=1S/C13H12N2O2/c1-8-3-4-12(16-2)9(5-8)11-7-17-13(15)10(11)6-14/h3-5,7H,15H2,1-2H3. The van der Waals surface area contributed by atoms with Crippen LogP contribution < -0.4 is 10.5 Å². The van der Waals surface area contributed by atoms with E-state index >= 15 is 0 Å². The molecular weight excluding hydrogens is 216 g/mol. The zero-order valence-electron chi connectivity index (χ0n) is 9.65. The molecular formula is C13H12N2O2. The lowest BCUT2D eigenvalue weighted by Crippen LogP contribution is -1.91. The maximum atomic E-state index is 9.05. The summed E-state index contributed by atoms with van der Waals surface area (Å²) in [5.41, 5.74) is 8.47. The average molecular weight is 228 g/mol. The summed E-state index contributed by atoms with van der Waals surface area (Å²) in [6, 6.07) is 7.77. The highest BCUT2D eigenvalue weighted by Crippen LogP contribution is 2.36. The molecule has 0 aliphatic carbocycles. The monoisotopic (exact) mass is 228 g/mol. The molecule has 1 heterocycles. The van der Waals surface area contributed by atoms with Gasteiger partial charge in [0.05, 0.1) is 7.11 Å². The van der Waals surface area contributed by atoms with Crippen LogP contribution in [0.3, 0.4) is 0 Å². The third kappa shape index (κ3) is 1.83. The molecule has 0 unspecified atom stereocenters. The van der Waals surface area contributed by atoms with Crippen molar-refractivity contribution in [3.05, 3.63) is 35.6 Å². The average Bonchev–Trinajstić information content (AvgIpc) is 2.70. The van der Waals surface area contributed by atoms with Crippen molar-refractivity contribution in [3.8, 4) is 22.9 Å².